The van der Waals surface area contributed by atoms with Gasteiger partial charge >= 0.3 is 0 Å². The molecule has 0 unspecified atom stereocenters. The first kappa shape index (κ1) is 13.0. The predicted octanol–water partition coefficient (Wildman–Crippen LogP) is 1.19. The summed E-state index contributed by atoms with van der Waals surface area (Å²) in [6.07, 6.45) is 1.34. The molecule has 1 aliphatic rings. The quantitative estimate of drug-likeness (QED) is 0.845. The van der Waals surface area contributed by atoms with E-state index in [0.717, 1.165) is 19.5 Å². The number of amides is 1. The number of likely N-dealkylation sites (tertiary alicyclic amines) is 1. The number of rotatable bonds is 4. The molecule has 1 heterocycles. The van der Waals surface area contributed by atoms with Crippen molar-refractivity contribution in [1.82, 2.24) is 4.90 Å². The van der Waals surface area contributed by atoms with E-state index in [2.05, 4.69) is 10.2 Å². The number of benzene rings is 1. The summed E-state index contributed by atoms with van der Waals surface area (Å²) < 4.78 is 13.3. The molecule has 1 fully saturated rings. The van der Waals surface area contributed by atoms with Crippen LogP contribution in [0.3, 0.4) is 0 Å². The van der Waals surface area contributed by atoms with Gasteiger partial charge in [-0.05, 0) is 25.1 Å². The van der Waals surface area contributed by atoms with Crippen molar-refractivity contribution in [3.63, 3.8) is 0 Å². The summed E-state index contributed by atoms with van der Waals surface area (Å²) in [5.41, 5.74) is 6.02. The largest absolute Gasteiger partial charge is 0.326 e. The molecule has 0 bridgehead atoms. The smallest absolute Gasteiger partial charge is 0.225 e. The number of nitrogens with two attached hydrogens (primary N) is 1. The Kier molecular flexibility index (Phi) is 4.28. The highest BCUT2D eigenvalue weighted by Crippen LogP contribution is 2.13. The first-order chi connectivity index (χ1) is 8.65. The Bertz CT molecular complexity index is 424. The number of hydrogen-bond donors (Lipinski definition) is 2. The van der Waals surface area contributed by atoms with Gasteiger partial charge in [-0.25, -0.2) is 4.39 Å². The number of carbonyl (C=O) groups excluding carboxylic acids is 1. The van der Waals surface area contributed by atoms with Crippen LogP contribution in [0, 0.1) is 5.82 Å². The Morgan fingerprint density at radius 2 is 2.28 bits per heavy atom. The van der Waals surface area contributed by atoms with E-state index in [1.54, 1.807) is 18.2 Å². The maximum absolute atomic E-state index is 13.3. The fourth-order valence-electron chi connectivity index (χ4n) is 2.10. The van der Waals surface area contributed by atoms with E-state index in [1.165, 1.54) is 6.07 Å². The van der Waals surface area contributed by atoms with Crippen LogP contribution in [0.5, 0.6) is 0 Å². The Hall–Kier alpha value is -1.46. The zero-order valence-electron chi connectivity index (χ0n) is 10.2. The van der Waals surface area contributed by atoms with Crippen molar-refractivity contribution in [3.05, 3.63) is 30.1 Å². The lowest BCUT2D eigenvalue weighted by atomic mass is 10.3. The van der Waals surface area contributed by atoms with E-state index in [9.17, 15) is 9.18 Å². The Morgan fingerprint density at radius 1 is 1.50 bits per heavy atom. The molecule has 0 radical (unpaired) electrons. The summed E-state index contributed by atoms with van der Waals surface area (Å²) in [6, 6.07) is 6.39. The minimum atomic E-state index is -0.408. The van der Waals surface area contributed by atoms with E-state index >= 15 is 0 Å². The van der Waals surface area contributed by atoms with E-state index in [0.29, 0.717) is 13.0 Å². The molecule has 1 aromatic carbocycles. The number of para-hydroxylation sites is 1. The first-order valence-electron chi connectivity index (χ1n) is 6.17. The van der Waals surface area contributed by atoms with Crippen molar-refractivity contribution in [3.8, 4) is 0 Å². The van der Waals surface area contributed by atoms with Gasteiger partial charge in [0, 0.05) is 25.6 Å². The maximum atomic E-state index is 13.3. The third-order valence-corrected chi connectivity index (χ3v) is 3.11. The van der Waals surface area contributed by atoms with Gasteiger partial charge in [-0.1, -0.05) is 12.1 Å². The second-order valence-electron chi connectivity index (χ2n) is 4.63. The minimum Gasteiger partial charge on any atom is -0.326 e. The average Bonchev–Trinajstić information content (AvgIpc) is 2.76. The number of nitrogens with one attached hydrogen (secondary N) is 1. The molecule has 18 heavy (non-hydrogen) atoms. The molecule has 1 atom stereocenters. The lowest BCUT2D eigenvalue weighted by molar-refractivity contribution is -0.116. The fourth-order valence-corrected chi connectivity index (χ4v) is 2.10. The Balaban J connectivity index is 1.77. The van der Waals surface area contributed by atoms with Crippen LogP contribution < -0.4 is 11.1 Å². The van der Waals surface area contributed by atoms with Gasteiger partial charge in [0.25, 0.3) is 0 Å². The van der Waals surface area contributed by atoms with E-state index in [-0.39, 0.29) is 17.6 Å². The topological polar surface area (TPSA) is 58.4 Å². The number of hydrogen-bond acceptors (Lipinski definition) is 3. The normalized spacial score (nSPS) is 20.0. The van der Waals surface area contributed by atoms with Crippen molar-refractivity contribution >= 4 is 11.6 Å². The van der Waals surface area contributed by atoms with Gasteiger partial charge in [0.05, 0.1) is 5.69 Å². The number of anilines is 1. The monoisotopic (exact) mass is 251 g/mol. The highest BCUT2D eigenvalue weighted by molar-refractivity contribution is 5.90. The molecule has 0 aliphatic carbocycles. The molecule has 0 spiro atoms. The molecule has 1 amide bonds. The van der Waals surface area contributed by atoms with Crippen LogP contribution in [0.25, 0.3) is 0 Å². The fraction of sp³-hybridized carbons (Fsp3) is 0.462. The predicted molar refractivity (Wildman–Crippen MR) is 68.7 cm³/mol. The summed E-state index contributed by atoms with van der Waals surface area (Å²) in [5.74, 6) is -0.574. The summed E-state index contributed by atoms with van der Waals surface area (Å²) in [7, 11) is 0. The summed E-state index contributed by atoms with van der Waals surface area (Å²) in [6.45, 7) is 2.45. The van der Waals surface area contributed by atoms with E-state index in [4.69, 9.17) is 5.73 Å². The van der Waals surface area contributed by atoms with Crippen LogP contribution >= 0.6 is 0 Å². The van der Waals surface area contributed by atoms with Crippen LogP contribution in [0.2, 0.25) is 0 Å². The molecule has 2 rings (SSSR count). The van der Waals surface area contributed by atoms with Crippen molar-refractivity contribution < 1.29 is 9.18 Å². The molecule has 3 N–H and O–H groups in total. The zero-order valence-corrected chi connectivity index (χ0v) is 10.2. The summed E-state index contributed by atoms with van der Waals surface area (Å²) in [5, 5.41) is 2.57. The molecule has 5 heteroatoms. The van der Waals surface area contributed by atoms with E-state index < -0.39 is 5.82 Å². The highest BCUT2D eigenvalue weighted by atomic mass is 19.1. The molecule has 1 saturated heterocycles. The Morgan fingerprint density at radius 3 is 2.94 bits per heavy atom. The van der Waals surface area contributed by atoms with Gasteiger partial charge < -0.3 is 16.0 Å². The summed E-state index contributed by atoms with van der Waals surface area (Å²) in [4.78, 5) is 13.8. The van der Waals surface area contributed by atoms with Gasteiger partial charge in [0.1, 0.15) is 5.82 Å². The molecular weight excluding hydrogens is 233 g/mol. The van der Waals surface area contributed by atoms with Gasteiger partial charge in [-0.3, -0.25) is 4.79 Å². The standard InChI is InChI=1S/C13H18FN3O/c14-11-3-1-2-4-12(11)16-13(18)6-8-17-7-5-10(15)9-17/h1-4,10H,5-9,15H2,(H,16,18)/t10-/m0/s1. The minimum absolute atomic E-state index is 0.166. The molecule has 0 saturated carbocycles. The summed E-state index contributed by atoms with van der Waals surface area (Å²) >= 11 is 0. The third kappa shape index (κ3) is 3.51. The lowest BCUT2D eigenvalue weighted by Gasteiger charge is -2.14. The van der Waals surface area contributed by atoms with Crippen molar-refractivity contribution in [2.24, 2.45) is 5.73 Å². The number of nitrogens with zero attached hydrogens (tertiary/aromatic N) is 1. The zero-order chi connectivity index (χ0) is 13.0. The third-order valence-electron chi connectivity index (χ3n) is 3.11. The van der Waals surface area contributed by atoms with Crippen LogP contribution in [-0.2, 0) is 4.79 Å². The van der Waals surface area contributed by atoms with Crippen molar-refractivity contribution in [1.29, 1.82) is 0 Å². The van der Waals surface area contributed by atoms with Crippen LogP contribution in [0.1, 0.15) is 12.8 Å². The lowest BCUT2D eigenvalue weighted by Crippen LogP contribution is -2.29. The van der Waals surface area contributed by atoms with Gasteiger partial charge in [0.15, 0.2) is 0 Å². The molecule has 0 aromatic heterocycles. The first-order valence-corrected chi connectivity index (χ1v) is 6.17. The van der Waals surface area contributed by atoms with Crippen molar-refractivity contribution in [2.75, 3.05) is 25.0 Å². The maximum Gasteiger partial charge on any atom is 0.225 e. The highest BCUT2D eigenvalue weighted by Gasteiger charge is 2.19. The molecule has 98 valence electrons. The van der Waals surface area contributed by atoms with Crippen LogP contribution in [0.4, 0.5) is 10.1 Å². The SMILES string of the molecule is N[C@H]1CCN(CCC(=O)Nc2ccccc2F)C1. The van der Waals surface area contributed by atoms with Crippen LogP contribution in [-0.4, -0.2) is 36.5 Å². The number of carbonyl (C=O) groups is 1. The molecule has 4 nitrogen and oxygen atoms in total. The molecule has 1 aliphatic heterocycles. The van der Waals surface area contributed by atoms with Crippen molar-refractivity contribution in [2.45, 2.75) is 18.9 Å². The number of halogens is 1. The van der Waals surface area contributed by atoms with Crippen LogP contribution in [0.15, 0.2) is 24.3 Å². The average molecular weight is 251 g/mol. The van der Waals surface area contributed by atoms with Gasteiger partial charge in [0.2, 0.25) is 5.91 Å². The molecular formula is C13H18FN3O. The molecule has 1 aromatic rings. The second kappa shape index (κ2) is 5.93. The van der Waals surface area contributed by atoms with Gasteiger partial charge in [-0.15, -0.1) is 0 Å². The van der Waals surface area contributed by atoms with E-state index in [1.807, 2.05) is 0 Å². The van der Waals surface area contributed by atoms with Gasteiger partial charge in [-0.2, -0.15) is 0 Å². The Labute approximate surface area is 106 Å². The second-order valence-corrected chi connectivity index (χ2v) is 4.63.